The van der Waals surface area contributed by atoms with Crippen LogP contribution in [0.15, 0.2) is 24.3 Å². The van der Waals surface area contributed by atoms with Crippen LogP contribution < -0.4 is 10.1 Å². The van der Waals surface area contributed by atoms with Gasteiger partial charge in [0.05, 0.1) is 5.02 Å². The van der Waals surface area contributed by atoms with Crippen LogP contribution in [0.5, 0.6) is 5.75 Å². The molecule has 2 amide bonds. The second kappa shape index (κ2) is 6.43. The quantitative estimate of drug-likeness (QED) is 0.902. The van der Waals surface area contributed by atoms with E-state index >= 15 is 0 Å². The topological polar surface area (TPSA) is 58.6 Å². The Balaban J connectivity index is 1.87. The van der Waals surface area contributed by atoms with Gasteiger partial charge in [-0.15, -0.1) is 0 Å². The van der Waals surface area contributed by atoms with E-state index in [9.17, 15) is 9.59 Å². The number of hydrogen-bond donors (Lipinski definition) is 1. The minimum absolute atomic E-state index is 0.0256. The molecule has 0 saturated carbocycles. The lowest BCUT2D eigenvalue weighted by Crippen LogP contribution is -2.37. The van der Waals surface area contributed by atoms with Gasteiger partial charge in [-0.3, -0.25) is 9.59 Å². The van der Waals surface area contributed by atoms with Gasteiger partial charge in [0.2, 0.25) is 5.91 Å². The molecule has 1 N–H and O–H groups in total. The number of para-hydroxylation sites is 1. The summed E-state index contributed by atoms with van der Waals surface area (Å²) in [7, 11) is 0. The van der Waals surface area contributed by atoms with Gasteiger partial charge in [0.1, 0.15) is 5.75 Å². The first-order valence-corrected chi connectivity index (χ1v) is 6.46. The highest BCUT2D eigenvalue weighted by molar-refractivity contribution is 6.32. The average Bonchev–Trinajstić information content (AvgIpc) is 2.62. The Morgan fingerprint density at radius 1 is 1.37 bits per heavy atom. The van der Waals surface area contributed by atoms with Crippen LogP contribution in [0.3, 0.4) is 0 Å². The molecular formula is C13H15ClN2O3. The maximum Gasteiger partial charge on any atom is 0.260 e. The van der Waals surface area contributed by atoms with Crippen LogP contribution >= 0.6 is 11.6 Å². The largest absolute Gasteiger partial charge is 0.482 e. The van der Waals surface area contributed by atoms with Gasteiger partial charge in [-0.05, 0) is 12.1 Å². The van der Waals surface area contributed by atoms with Crippen molar-refractivity contribution in [1.82, 2.24) is 10.2 Å². The van der Waals surface area contributed by atoms with Crippen LogP contribution in [-0.2, 0) is 9.59 Å². The molecule has 1 aliphatic rings. The summed E-state index contributed by atoms with van der Waals surface area (Å²) >= 11 is 5.93. The van der Waals surface area contributed by atoms with Gasteiger partial charge in [0.25, 0.3) is 5.91 Å². The summed E-state index contributed by atoms with van der Waals surface area (Å²) in [6.07, 6.45) is 0.331. The zero-order valence-electron chi connectivity index (χ0n) is 10.4. The first-order valence-electron chi connectivity index (χ1n) is 6.08. The van der Waals surface area contributed by atoms with Gasteiger partial charge in [0.15, 0.2) is 6.61 Å². The summed E-state index contributed by atoms with van der Waals surface area (Å²) in [5, 5.41) is 3.19. The number of benzene rings is 1. The third kappa shape index (κ3) is 3.86. The van der Waals surface area contributed by atoms with Crippen molar-refractivity contribution in [3.05, 3.63) is 29.3 Å². The van der Waals surface area contributed by atoms with Crippen molar-refractivity contribution in [3.8, 4) is 5.75 Å². The minimum atomic E-state index is -0.142. The van der Waals surface area contributed by atoms with Crippen LogP contribution in [0.1, 0.15) is 6.42 Å². The van der Waals surface area contributed by atoms with E-state index in [0.717, 1.165) is 0 Å². The number of ether oxygens (including phenoxy) is 1. The molecule has 5 nitrogen and oxygen atoms in total. The summed E-state index contributed by atoms with van der Waals surface area (Å²) in [6.45, 7) is 1.35. The normalized spacial score (nSPS) is 15.6. The molecular weight excluding hydrogens is 268 g/mol. The van der Waals surface area contributed by atoms with Crippen LogP contribution in [0, 0.1) is 0 Å². The molecule has 1 heterocycles. The Hall–Kier alpha value is -1.75. The molecule has 2 rings (SSSR count). The molecule has 0 radical (unpaired) electrons. The Labute approximate surface area is 116 Å². The number of nitrogens with zero attached hydrogens (tertiary/aromatic N) is 1. The van der Waals surface area contributed by atoms with Gasteiger partial charge >= 0.3 is 0 Å². The second-order valence-electron chi connectivity index (χ2n) is 4.20. The second-order valence-corrected chi connectivity index (χ2v) is 4.61. The fourth-order valence-corrected chi connectivity index (χ4v) is 2.00. The summed E-state index contributed by atoms with van der Waals surface area (Å²) in [4.78, 5) is 24.8. The van der Waals surface area contributed by atoms with E-state index in [-0.39, 0.29) is 18.4 Å². The number of rotatable bonds is 3. The number of nitrogens with one attached hydrogen (secondary N) is 1. The van der Waals surface area contributed by atoms with E-state index in [1.165, 1.54) is 0 Å². The van der Waals surface area contributed by atoms with Crippen molar-refractivity contribution in [1.29, 1.82) is 0 Å². The van der Waals surface area contributed by atoms with Crippen molar-refractivity contribution < 1.29 is 14.3 Å². The number of amides is 2. The first-order chi connectivity index (χ1) is 9.16. The molecule has 1 aromatic carbocycles. The maximum atomic E-state index is 12.0. The molecule has 1 fully saturated rings. The Bertz CT molecular complexity index is 479. The Morgan fingerprint density at radius 3 is 2.95 bits per heavy atom. The van der Waals surface area contributed by atoms with Gasteiger partial charge in [-0.2, -0.15) is 0 Å². The van der Waals surface area contributed by atoms with Crippen molar-refractivity contribution in [3.63, 3.8) is 0 Å². The predicted molar refractivity (Wildman–Crippen MR) is 71.2 cm³/mol. The highest BCUT2D eigenvalue weighted by atomic mass is 35.5. The Morgan fingerprint density at radius 2 is 2.16 bits per heavy atom. The van der Waals surface area contributed by atoms with Crippen molar-refractivity contribution >= 4 is 23.4 Å². The van der Waals surface area contributed by atoms with Gasteiger partial charge in [-0.1, -0.05) is 23.7 Å². The summed E-state index contributed by atoms with van der Waals surface area (Å²) in [5.74, 6) is 0.320. The smallest absolute Gasteiger partial charge is 0.260 e. The predicted octanol–water partition coefficient (Wildman–Crippen LogP) is 1.07. The number of carbonyl (C=O) groups is 2. The molecule has 0 aromatic heterocycles. The van der Waals surface area contributed by atoms with E-state index in [2.05, 4.69) is 5.32 Å². The fraction of sp³-hybridized carbons (Fsp3) is 0.385. The average molecular weight is 283 g/mol. The summed E-state index contributed by atoms with van der Waals surface area (Å²) in [5.41, 5.74) is 0. The van der Waals surface area contributed by atoms with E-state index in [1.54, 1.807) is 29.2 Å². The lowest BCUT2D eigenvalue weighted by Gasteiger charge is -2.19. The van der Waals surface area contributed by atoms with E-state index in [1.807, 2.05) is 0 Å². The number of hydrogen-bond acceptors (Lipinski definition) is 3. The molecule has 1 saturated heterocycles. The first kappa shape index (κ1) is 13.7. The SMILES string of the molecule is O=C1CCN(C(=O)COc2ccccc2Cl)CCN1. The van der Waals surface area contributed by atoms with Crippen LogP contribution in [0.25, 0.3) is 0 Å². The molecule has 0 unspecified atom stereocenters. The lowest BCUT2D eigenvalue weighted by molar-refractivity contribution is -0.133. The Kier molecular flexibility index (Phi) is 4.63. The van der Waals surface area contributed by atoms with E-state index < -0.39 is 0 Å². The van der Waals surface area contributed by atoms with Gasteiger partial charge in [0, 0.05) is 26.1 Å². The molecule has 6 heteroatoms. The molecule has 1 aromatic rings. The van der Waals surface area contributed by atoms with Gasteiger partial charge in [-0.25, -0.2) is 0 Å². The van der Waals surface area contributed by atoms with Crippen molar-refractivity contribution in [2.45, 2.75) is 6.42 Å². The van der Waals surface area contributed by atoms with Gasteiger partial charge < -0.3 is 15.0 Å². The third-order valence-corrected chi connectivity index (χ3v) is 3.17. The van der Waals surface area contributed by atoms with E-state index in [0.29, 0.717) is 36.8 Å². The van der Waals surface area contributed by atoms with Crippen LogP contribution in [0.2, 0.25) is 5.02 Å². The highest BCUT2D eigenvalue weighted by Crippen LogP contribution is 2.22. The number of halogens is 1. The molecule has 1 aliphatic heterocycles. The van der Waals surface area contributed by atoms with Crippen LogP contribution in [-0.4, -0.2) is 43.0 Å². The minimum Gasteiger partial charge on any atom is -0.482 e. The number of carbonyl (C=O) groups excluding carboxylic acids is 2. The standard InChI is InChI=1S/C13H15ClN2O3/c14-10-3-1-2-4-11(10)19-9-13(18)16-7-5-12(17)15-6-8-16/h1-4H,5-9H2,(H,15,17). The monoisotopic (exact) mass is 282 g/mol. The molecule has 0 bridgehead atoms. The molecule has 0 aliphatic carbocycles. The molecule has 0 spiro atoms. The molecule has 19 heavy (non-hydrogen) atoms. The molecule has 0 atom stereocenters. The van der Waals surface area contributed by atoms with Crippen LogP contribution in [0.4, 0.5) is 0 Å². The van der Waals surface area contributed by atoms with Crippen molar-refractivity contribution in [2.24, 2.45) is 0 Å². The third-order valence-electron chi connectivity index (χ3n) is 2.85. The molecule has 102 valence electrons. The zero-order valence-corrected chi connectivity index (χ0v) is 11.2. The van der Waals surface area contributed by atoms with E-state index in [4.69, 9.17) is 16.3 Å². The summed E-state index contributed by atoms with van der Waals surface area (Å²) in [6, 6.07) is 7.00. The lowest BCUT2D eigenvalue weighted by atomic mass is 10.3. The maximum absolute atomic E-state index is 12.0. The van der Waals surface area contributed by atoms with Crippen molar-refractivity contribution in [2.75, 3.05) is 26.2 Å². The fourth-order valence-electron chi connectivity index (χ4n) is 1.81. The summed E-state index contributed by atoms with van der Waals surface area (Å²) < 4.78 is 5.39. The highest BCUT2D eigenvalue weighted by Gasteiger charge is 2.18. The zero-order chi connectivity index (χ0) is 13.7.